The first-order valence-corrected chi connectivity index (χ1v) is 6.29. The van der Waals surface area contributed by atoms with Crippen molar-refractivity contribution in [3.05, 3.63) is 70.5 Å². The molecule has 0 aliphatic heterocycles. The minimum absolute atomic E-state index is 0. The third kappa shape index (κ3) is 10.8. The molecule has 0 aliphatic rings. The van der Waals surface area contributed by atoms with Crippen molar-refractivity contribution in [2.45, 2.75) is 34.6 Å². The molecule has 0 fully saturated rings. The van der Waals surface area contributed by atoms with Crippen LogP contribution in [0.2, 0.25) is 0 Å². The monoisotopic (exact) mass is 490 g/mol. The van der Waals surface area contributed by atoms with Crippen molar-refractivity contribution in [3.63, 3.8) is 0 Å². The van der Waals surface area contributed by atoms with Crippen molar-refractivity contribution in [2.75, 3.05) is 7.05 Å². The van der Waals surface area contributed by atoms with Gasteiger partial charge in [-0.25, -0.2) is 0 Å². The minimum atomic E-state index is 0. The Labute approximate surface area is 157 Å². The van der Waals surface area contributed by atoms with Gasteiger partial charge in [-0.3, -0.25) is 5.69 Å². The van der Waals surface area contributed by atoms with E-state index in [-0.39, 0.29) is 47.0 Å². The van der Waals surface area contributed by atoms with Crippen molar-refractivity contribution in [1.82, 2.24) is 0 Å². The molecule has 0 saturated heterocycles. The molecule has 2 rings (SSSR count). The second-order valence-electron chi connectivity index (χ2n) is 4.31. The third-order valence-corrected chi connectivity index (χ3v) is 2.72. The maximum atomic E-state index is 3.96. The van der Waals surface area contributed by atoms with Crippen molar-refractivity contribution in [3.8, 4) is 0 Å². The maximum Gasteiger partial charge on any atom is 0 e. The molecule has 2 aromatic rings. The summed E-state index contributed by atoms with van der Waals surface area (Å²) in [5.41, 5.74) is 4.90. The van der Waals surface area contributed by atoms with Gasteiger partial charge in [-0.2, -0.15) is 29.8 Å². The fourth-order valence-corrected chi connectivity index (χ4v) is 1.46. The Bertz CT molecular complexity index is 406. The van der Waals surface area contributed by atoms with Gasteiger partial charge in [0.1, 0.15) is 0 Å². The second kappa shape index (κ2) is 14.4. The third-order valence-electron chi connectivity index (χ3n) is 2.72. The molecule has 0 spiro atoms. The number of hydrogen-bond acceptors (Lipinski definition) is 0. The van der Waals surface area contributed by atoms with E-state index in [1.54, 1.807) is 7.05 Å². The predicted octanol–water partition coefficient (Wildman–Crippen LogP) is 5.62. The molecule has 1 radical (unpaired) electrons. The number of aryl methyl sites for hydroxylation is 3. The molecule has 115 valence electrons. The Hall–Kier alpha value is -0.487. The van der Waals surface area contributed by atoms with Gasteiger partial charge in [0.05, 0.1) is 0 Å². The van der Waals surface area contributed by atoms with Gasteiger partial charge < -0.3 is 5.32 Å². The number of hydrogen-bond donors (Lipinski definition) is 0. The zero-order valence-corrected chi connectivity index (χ0v) is 16.9. The van der Waals surface area contributed by atoms with Crippen LogP contribution < -0.4 is 0 Å². The van der Waals surface area contributed by atoms with Gasteiger partial charge in [-0.1, -0.05) is 51.1 Å². The van der Waals surface area contributed by atoms with E-state index in [1.807, 2.05) is 25.1 Å². The van der Waals surface area contributed by atoms with E-state index in [0.29, 0.717) is 0 Å². The Morgan fingerprint density at radius 2 is 1.48 bits per heavy atom. The van der Waals surface area contributed by atoms with Crippen molar-refractivity contribution < 1.29 is 39.6 Å². The van der Waals surface area contributed by atoms with Gasteiger partial charge in [-0.05, 0) is 18.9 Å². The average molecular weight is 490 g/mol. The molecule has 1 nitrogen and oxygen atoms in total. The molecule has 0 aliphatic carbocycles. The van der Waals surface area contributed by atoms with Crippen LogP contribution in [0.5, 0.6) is 0 Å². The van der Waals surface area contributed by atoms with Gasteiger partial charge in [0, 0.05) is 39.6 Å². The van der Waals surface area contributed by atoms with E-state index in [0.717, 1.165) is 12.1 Å². The van der Waals surface area contributed by atoms with Crippen LogP contribution in [0.15, 0.2) is 42.5 Å². The summed E-state index contributed by atoms with van der Waals surface area (Å²) >= 11 is 0. The summed E-state index contributed by atoms with van der Waals surface area (Å²) in [6.45, 7) is 6.32. The summed E-state index contributed by atoms with van der Waals surface area (Å²) in [5.74, 6) is 0. The molecular formula is C18H25NVW-2. The van der Waals surface area contributed by atoms with E-state index in [1.165, 1.54) is 16.7 Å². The van der Waals surface area contributed by atoms with Gasteiger partial charge >= 0.3 is 0 Å². The van der Waals surface area contributed by atoms with Crippen LogP contribution in [-0.2, 0) is 46.0 Å². The molecule has 0 saturated carbocycles. The summed E-state index contributed by atoms with van der Waals surface area (Å²) < 4.78 is 0. The largest absolute Gasteiger partial charge is 0.708 e. The van der Waals surface area contributed by atoms with Crippen LogP contribution in [-0.4, -0.2) is 7.05 Å². The van der Waals surface area contributed by atoms with Crippen LogP contribution in [0.3, 0.4) is 0 Å². The van der Waals surface area contributed by atoms with E-state index in [2.05, 4.69) is 49.5 Å². The topological polar surface area (TPSA) is 14.1 Å². The smallest absolute Gasteiger partial charge is 0 e. The summed E-state index contributed by atoms with van der Waals surface area (Å²) in [7, 11) is 1.77. The first-order chi connectivity index (χ1) is 8.65. The molecule has 0 unspecified atom stereocenters. The zero-order valence-electron chi connectivity index (χ0n) is 12.6. The first-order valence-electron chi connectivity index (χ1n) is 6.29. The summed E-state index contributed by atoms with van der Waals surface area (Å²) in [6.07, 6.45) is 1.14. The zero-order chi connectivity index (χ0) is 13.4. The van der Waals surface area contributed by atoms with E-state index in [4.69, 9.17) is 0 Å². The summed E-state index contributed by atoms with van der Waals surface area (Å²) in [5, 5.41) is 3.96. The van der Waals surface area contributed by atoms with E-state index < -0.39 is 0 Å². The molecular weight excluding hydrogens is 465 g/mol. The molecule has 0 atom stereocenters. The maximum absolute atomic E-state index is 3.96. The Kier molecular flexibility index (Phi) is 17.5. The van der Waals surface area contributed by atoms with Gasteiger partial charge in [-0.15, -0.1) is 7.05 Å². The van der Waals surface area contributed by atoms with E-state index in [9.17, 15) is 0 Å². The Morgan fingerprint density at radius 3 is 1.86 bits per heavy atom. The Morgan fingerprint density at radius 1 is 0.952 bits per heavy atom. The standard InChI is InChI=1S/C9H12.C8H9N.CH4.V.W/c1-3-9-6-4-8(2)5-7-9;1-7-3-5-8(9-2)6-4-7;;;/h4-7H,3H2,1-2H3;3-5H,1-2H3;1H4;;/q;-2;;;. The van der Waals surface area contributed by atoms with Crippen LogP contribution in [0, 0.1) is 19.9 Å². The molecule has 0 heterocycles. The summed E-state index contributed by atoms with van der Waals surface area (Å²) in [4.78, 5) is 0. The predicted molar refractivity (Wildman–Crippen MR) is 86.2 cm³/mol. The average Bonchev–Trinajstić information content (AvgIpc) is 2.41. The van der Waals surface area contributed by atoms with Crippen LogP contribution >= 0.6 is 0 Å². The summed E-state index contributed by atoms with van der Waals surface area (Å²) in [6, 6.07) is 17.6. The van der Waals surface area contributed by atoms with Crippen LogP contribution in [0.1, 0.15) is 31.0 Å². The van der Waals surface area contributed by atoms with E-state index >= 15 is 0 Å². The molecule has 0 aromatic heterocycles. The molecule has 3 heteroatoms. The van der Waals surface area contributed by atoms with Crippen molar-refractivity contribution in [1.29, 1.82) is 0 Å². The normalized spacial score (nSPS) is 8.00. The van der Waals surface area contributed by atoms with Crippen molar-refractivity contribution in [2.24, 2.45) is 0 Å². The van der Waals surface area contributed by atoms with Gasteiger partial charge in [0.25, 0.3) is 0 Å². The fourth-order valence-electron chi connectivity index (χ4n) is 1.46. The number of nitrogens with zero attached hydrogens (tertiary/aromatic N) is 1. The van der Waals surface area contributed by atoms with Crippen LogP contribution in [0.4, 0.5) is 5.69 Å². The molecule has 2 aromatic carbocycles. The second-order valence-corrected chi connectivity index (χ2v) is 4.31. The van der Waals surface area contributed by atoms with Crippen LogP contribution in [0.25, 0.3) is 5.32 Å². The molecule has 0 bridgehead atoms. The Balaban J connectivity index is -0.000000270. The fraction of sp³-hybridized carbons (Fsp3) is 0.333. The first kappa shape index (κ1) is 25.5. The minimum Gasteiger partial charge on any atom is -0.708 e. The number of benzene rings is 2. The SMILES string of the molecule is C.CCc1ccc(C)cc1.C[N-]c1[c-]cc(C)cc1.[V].[W]. The number of rotatable bonds is 2. The molecule has 21 heavy (non-hydrogen) atoms. The molecule has 0 N–H and O–H groups in total. The quantitative estimate of drug-likeness (QED) is 0.486. The van der Waals surface area contributed by atoms with Crippen molar-refractivity contribution >= 4 is 5.69 Å². The molecule has 0 amide bonds. The van der Waals surface area contributed by atoms with Gasteiger partial charge in [0.15, 0.2) is 0 Å². The van der Waals surface area contributed by atoms with Gasteiger partial charge in [0.2, 0.25) is 0 Å².